The number of ether oxygens (including phenoxy) is 1. The molecule has 1 aromatic carbocycles. The van der Waals surface area contributed by atoms with Crippen molar-refractivity contribution in [2.45, 2.75) is 58.3 Å². The first-order valence-corrected chi connectivity index (χ1v) is 9.08. The molecular formula is C20H33NO2. The van der Waals surface area contributed by atoms with Gasteiger partial charge in [-0.2, -0.15) is 0 Å². The van der Waals surface area contributed by atoms with E-state index in [1.54, 1.807) is 0 Å². The van der Waals surface area contributed by atoms with Gasteiger partial charge < -0.3 is 14.7 Å². The monoisotopic (exact) mass is 319 g/mol. The van der Waals surface area contributed by atoms with Gasteiger partial charge in [0.15, 0.2) is 0 Å². The number of benzene rings is 1. The van der Waals surface area contributed by atoms with Crippen LogP contribution in [0.3, 0.4) is 0 Å². The van der Waals surface area contributed by atoms with Crippen LogP contribution in [0.25, 0.3) is 0 Å². The third-order valence-electron chi connectivity index (χ3n) is 5.17. The molecule has 0 spiro atoms. The lowest BCUT2D eigenvalue weighted by Crippen LogP contribution is -2.46. The third kappa shape index (κ3) is 5.91. The van der Waals surface area contributed by atoms with Gasteiger partial charge in [-0.15, -0.1) is 0 Å². The lowest BCUT2D eigenvalue weighted by atomic mass is 9.76. The van der Waals surface area contributed by atoms with Gasteiger partial charge in [-0.05, 0) is 50.1 Å². The standard InChI is InChI=1S/C20H33NO2/c1-16(2)19-11-10-18(22)14-20(19)21(3)12-7-13-23-15-17-8-5-4-6-9-17/h4-6,8-9,16,18-20,22H,7,10-15H2,1-3H3. The fraction of sp³-hybridized carbons (Fsp3) is 0.700. The molecule has 1 N–H and O–H groups in total. The summed E-state index contributed by atoms with van der Waals surface area (Å²) in [5.41, 5.74) is 1.23. The van der Waals surface area contributed by atoms with Crippen LogP contribution in [0.2, 0.25) is 0 Å². The maximum atomic E-state index is 10.0. The summed E-state index contributed by atoms with van der Waals surface area (Å²) in [6.07, 6.45) is 3.96. The Morgan fingerprint density at radius 3 is 2.65 bits per heavy atom. The largest absolute Gasteiger partial charge is 0.393 e. The van der Waals surface area contributed by atoms with Crippen molar-refractivity contribution in [3.63, 3.8) is 0 Å². The van der Waals surface area contributed by atoms with E-state index >= 15 is 0 Å². The Morgan fingerprint density at radius 2 is 1.96 bits per heavy atom. The Balaban J connectivity index is 1.69. The quantitative estimate of drug-likeness (QED) is 0.741. The van der Waals surface area contributed by atoms with Crippen LogP contribution in [0, 0.1) is 11.8 Å². The van der Waals surface area contributed by atoms with Gasteiger partial charge in [-0.3, -0.25) is 0 Å². The molecule has 0 radical (unpaired) electrons. The second-order valence-corrected chi connectivity index (χ2v) is 7.31. The molecule has 130 valence electrons. The molecule has 2 rings (SSSR count). The van der Waals surface area contributed by atoms with Gasteiger partial charge in [0.1, 0.15) is 0 Å². The Kier molecular flexibility index (Phi) is 7.54. The highest BCUT2D eigenvalue weighted by Gasteiger charge is 2.33. The number of rotatable bonds is 8. The normalized spacial score (nSPS) is 25.2. The summed E-state index contributed by atoms with van der Waals surface area (Å²) in [4.78, 5) is 2.44. The minimum atomic E-state index is -0.119. The highest BCUT2D eigenvalue weighted by molar-refractivity contribution is 5.13. The highest BCUT2D eigenvalue weighted by Crippen LogP contribution is 2.33. The summed E-state index contributed by atoms with van der Waals surface area (Å²) in [5.74, 6) is 1.39. The average Bonchev–Trinajstić information content (AvgIpc) is 2.55. The number of hydrogen-bond acceptors (Lipinski definition) is 3. The van der Waals surface area contributed by atoms with Gasteiger partial charge in [0.25, 0.3) is 0 Å². The van der Waals surface area contributed by atoms with Crippen molar-refractivity contribution in [1.82, 2.24) is 4.90 Å². The highest BCUT2D eigenvalue weighted by atomic mass is 16.5. The van der Waals surface area contributed by atoms with E-state index in [1.807, 2.05) is 18.2 Å². The summed E-state index contributed by atoms with van der Waals surface area (Å²) < 4.78 is 5.78. The van der Waals surface area contributed by atoms with Crippen LogP contribution in [0.4, 0.5) is 0 Å². The summed E-state index contributed by atoms with van der Waals surface area (Å²) in [6, 6.07) is 10.8. The van der Waals surface area contributed by atoms with E-state index < -0.39 is 0 Å². The summed E-state index contributed by atoms with van der Waals surface area (Å²) >= 11 is 0. The SMILES string of the molecule is CC(C)C1CCC(O)CC1N(C)CCCOCc1ccccc1. The molecule has 0 amide bonds. The molecular weight excluding hydrogens is 286 g/mol. The molecule has 1 aliphatic rings. The maximum Gasteiger partial charge on any atom is 0.0716 e. The minimum Gasteiger partial charge on any atom is -0.393 e. The van der Waals surface area contributed by atoms with Gasteiger partial charge in [0.05, 0.1) is 12.7 Å². The minimum absolute atomic E-state index is 0.119. The van der Waals surface area contributed by atoms with Gasteiger partial charge >= 0.3 is 0 Å². The summed E-state index contributed by atoms with van der Waals surface area (Å²) in [6.45, 7) is 7.15. The van der Waals surface area contributed by atoms with Crippen LogP contribution < -0.4 is 0 Å². The van der Waals surface area contributed by atoms with Crippen LogP contribution in [-0.2, 0) is 11.3 Å². The van der Waals surface area contributed by atoms with Gasteiger partial charge in [0.2, 0.25) is 0 Å². The van der Waals surface area contributed by atoms with Gasteiger partial charge in [-0.1, -0.05) is 44.2 Å². The zero-order valence-electron chi connectivity index (χ0n) is 14.9. The van der Waals surface area contributed by atoms with E-state index in [1.165, 1.54) is 5.56 Å². The fourth-order valence-corrected chi connectivity index (χ4v) is 3.78. The number of nitrogens with zero attached hydrogens (tertiary/aromatic N) is 1. The molecule has 3 atom stereocenters. The Labute approximate surface area is 141 Å². The molecule has 1 aromatic rings. The van der Waals surface area contributed by atoms with Crippen molar-refractivity contribution >= 4 is 0 Å². The van der Waals surface area contributed by atoms with E-state index in [-0.39, 0.29) is 6.10 Å². The molecule has 0 saturated heterocycles. The molecule has 3 unspecified atom stereocenters. The fourth-order valence-electron chi connectivity index (χ4n) is 3.78. The average molecular weight is 319 g/mol. The molecule has 0 aliphatic heterocycles. The molecule has 0 aromatic heterocycles. The van der Waals surface area contributed by atoms with Crippen molar-refractivity contribution in [3.8, 4) is 0 Å². The molecule has 23 heavy (non-hydrogen) atoms. The zero-order chi connectivity index (χ0) is 16.7. The van der Waals surface area contributed by atoms with Crippen molar-refractivity contribution in [2.75, 3.05) is 20.2 Å². The molecule has 3 nitrogen and oxygen atoms in total. The van der Waals surface area contributed by atoms with Crippen LogP contribution in [-0.4, -0.2) is 42.4 Å². The number of aliphatic hydroxyl groups is 1. The first kappa shape index (κ1) is 18.4. The molecule has 3 heteroatoms. The molecule has 0 bridgehead atoms. The molecule has 1 saturated carbocycles. The van der Waals surface area contributed by atoms with Crippen LogP contribution in [0.1, 0.15) is 45.1 Å². The second-order valence-electron chi connectivity index (χ2n) is 7.31. The van der Waals surface area contributed by atoms with Crippen molar-refractivity contribution < 1.29 is 9.84 Å². The van der Waals surface area contributed by atoms with Crippen LogP contribution in [0.15, 0.2) is 30.3 Å². The first-order valence-electron chi connectivity index (χ1n) is 9.08. The summed E-state index contributed by atoms with van der Waals surface area (Å²) in [5, 5.41) is 10.0. The van der Waals surface area contributed by atoms with Crippen LogP contribution >= 0.6 is 0 Å². The molecule has 1 aliphatic carbocycles. The van der Waals surface area contributed by atoms with Crippen LogP contribution in [0.5, 0.6) is 0 Å². The Bertz CT molecular complexity index is 435. The predicted molar refractivity (Wildman–Crippen MR) is 95.3 cm³/mol. The van der Waals surface area contributed by atoms with Crippen molar-refractivity contribution in [3.05, 3.63) is 35.9 Å². The predicted octanol–water partition coefficient (Wildman–Crippen LogP) is 3.71. The Hall–Kier alpha value is -0.900. The second kappa shape index (κ2) is 9.41. The van der Waals surface area contributed by atoms with Gasteiger partial charge in [-0.25, -0.2) is 0 Å². The van der Waals surface area contributed by atoms with Gasteiger partial charge in [0, 0.05) is 19.2 Å². The summed E-state index contributed by atoms with van der Waals surface area (Å²) in [7, 11) is 2.20. The molecule has 0 heterocycles. The zero-order valence-corrected chi connectivity index (χ0v) is 14.9. The lowest BCUT2D eigenvalue weighted by Gasteiger charge is -2.42. The number of aliphatic hydroxyl groups excluding tert-OH is 1. The van der Waals surface area contributed by atoms with E-state index in [2.05, 4.69) is 37.9 Å². The smallest absolute Gasteiger partial charge is 0.0716 e. The topological polar surface area (TPSA) is 32.7 Å². The van der Waals surface area contributed by atoms with Crippen molar-refractivity contribution in [1.29, 1.82) is 0 Å². The van der Waals surface area contributed by atoms with E-state index in [9.17, 15) is 5.11 Å². The molecule has 1 fully saturated rings. The lowest BCUT2D eigenvalue weighted by molar-refractivity contribution is 0.0178. The Morgan fingerprint density at radius 1 is 1.22 bits per heavy atom. The maximum absolute atomic E-state index is 10.0. The van der Waals surface area contributed by atoms with E-state index in [0.717, 1.165) is 38.8 Å². The third-order valence-corrected chi connectivity index (χ3v) is 5.17. The van der Waals surface area contributed by atoms with Crippen molar-refractivity contribution in [2.24, 2.45) is 11.8 Å². The number of hydrogen-bond donors (Lipinski definition) is 1. The van der Waals surface area contributed by atoms with E-state index in [4.69, 9.17) is 4.74 Å². The first-order chi connectivity index (χ1) is 11.1. The van der Waals surface area contributed by atoms with E-state index in [0.29, 0.717) is 24.5 Å².